The maximum atomic E-state index is 12.4. The average molecular weight is 290 g/mol. The predicted octanol–water partition coefficient (Wildman–Crippen LogP) is -0.0686. The molecule has 4 atom stereocenters. The number of fused-ring (bicyclic) bond motifs is 2. The van der Waals surface area contributed by atoms with Crippen molar-refractivity contribution >= 4 is 11.9 Å². The quantitative estimate of drug-likeness (QED) is 0.822. The van der Waals surface area contributed by atoms with Crippen LogP contribution >= 0.6 is 0 Å². The van der Waals surface area contributed by atoms with Gasteiger partial charge >= 0.3 is 0 Å². The van der Waals surface area contributed by atoms with Crippen LogP contribution in [0.1, 0.15) is 31.7 Å². The number of nitrogens with one attached hydrogen (secondary N) is 1. The Morgan fingerprint density at radius 3 is 2.71 bits per heavy atom. The monoisotopic (exact) mass is 290 g/mol. The Hall–Kier alpha value is -1.85. The highest BCUT2D eigenvalue weighted by Crippen LogP contribution is 2.52. The number of aryl methyl sites for hydroxylation is 1. The Kier molecular flexibility index (Phi) is 3.69. The summed E-state index contributed by atoms with van der Waals surface area (Å²) < 4.78 is 1.79. The van der Waals surface area contributed by atoms with Crippen molar-refractivity contribution in [1.82, 2.24) is 15.1 Å². The van der Waals surface area contributed by atoms with Crippen LogP contribution in [0.3, 0.4) is 0 Å². The fourth-order valence-electron chi connectivity index (χ4n) is 3.99. The van der Waals surface area contributed by atoms with Crippen molar-refractivity contribution in [3.8, 4) is 0 Å². The van der Waals surface area contributed by atoms with Crippen LogP contribution in [0.2, 0.25) is 0 Å². The maximum Gasteiger partial charge on any atom is 0.224 e. The van der Waals surface area contributed by atoms with E-state index in [1.54, 1.807) is 10.9 Å². The van der Waals surface area contributed by atoms with Gasteiger partial charge in [-0.05, 0) is 38.0 Å². The minimum absolute atomic E-state index is 0.124. The van der Waals surface area contributed by atoms with E-state index in [4.69, 9.17) is 0 Å². The molecule has 4 unspecified atom stereocenters. The van der Waals surface area contributed by atoms with Gasteiger partial charge in [0.25, 0.3) is 0 Å². The lowest BCUT2D eigenvalue weighted by Crippen LogP contribution is -2.45. The first-order valence-corrected chi connectivity index (χ1v) is 7.60. The summed E-state index contributed by atoms with van der Waals surface area (Å²) in [6, 6.07) is 0. The lowest BCUT2D eigenvalue weighted by molar-refractivity contribution is -0.314. The van der Waals surface area contributed by atoms with Gasteiger partial charge in [-0.1, -0.05) is 0 Å². The first-order valence-electron chi connectivity index (χ1n) is 7.60. The highest BCUT2D eigenvalue weighted by molar-refractivity contribution is 5.85. The third kappa shape index (κ3) is 2.54. The number of hydrogen-bond donors (Lipinski definition) is 1. The third-order valence-corrected chi connectivity index (χ3v) is 4.97. The summed E-state index contributed by atoms with van der Waals surface area (Å²) in [4.78, 5) is 23.7. The number of carbonyl (C=O) groups excluding carboxylic acids is 2. The number of carboxylic acids is 1. The van der Waals surface area contributed by atoms with E-state index in [-0.39, 0.29) is 17.7 Å². The largest absolute Gasteiger partial charge is 0.550 e. The molecule has 0 radical (unpaired) electrons. The van der Waals surface area contributed by atoms with Gasteiger partial charge in [-0.25, -0.2) is 0 Å². The molecule has 1 aromatic heterocycles. The van der Waals surface area contributed by atoms with E-state index in [1.807, 2.05) is 13.1 Å². The van der Waals surface area contributed by atoms with E-state index in [1.165, 1.54) is 0 Å². The molecule has 0 aliphatic heterocycles. The van der Waals surface area contributed by atoms with Crippen LogP contribution in [0.15, 0.2) is 12.4 Å². The topological polar surface area (TPSA) is 87.0 Å². The van der Waals surface area contributed by atoms with Gasteiger partial charge in [0.1, 0.15) is 0 Å². The van der Waals surface area contributed by atoms with Gasteiger partial charge in [0.05, 0.1) is 6.20 Å². The summed E-state index contributed by atoms with van der Waals surface area (Å²) in [5.41, 5.74) is 0.929. The molecule has 1 aromatic rings. The first kappa shape index (κ1) is 14.1. The molecule has 114 valence electrons. The standard InChI is InChI=1S/C15H21N3O3/c1-2-18-8-9(7-17-18)6-16-14(19)12-10-3-4-11(5-10)13(12)15(20)21/h7-8,10-13H,2-6H2,1H3,(H,16,19)(H,20,21)/p-1. The fourth-order valence-corrected chi connectivity index (χ4v) is 3.99. The molecule has 2 saturated carbocycles. The number of aliphatic carboxylic acids is 1. The Bertz CT molecular complexity index is 554. The molecule has 1 amide bonds. The summed E-state index contributed by atoms with van der Waals surface area (Å²) in [7, 11) is 0. The van der Waals surface area contributed by atoms with E-state index in [9.17, 15) is 14.7 Å². The van der Waals surface area contributed by atoms with Crippen molar-refractivity contribution in [3.63, 3.8) is 0 Å². The molecule has 6 nitrogen and oxygen atoms in total. The minimum atomic E-state index is -1.07. The van der Waals surface area contributed by atoms with Crippen LogP contribution in [0, 0.1) is 23.7 Å². The van der Waals surface area contributed by atoms with Crippen molar-refractivity contribution in [2.45, 2.75) is 39.3 Å². The van der Waals surface area contributed by atoms with Crippen LogP contribution in [-0.2, 0) is 22.7 Å². The summed E-state index contributed by atoms with van der Waals surface area (Å²) in [5, 5.41) is 18.3. The van der Waals surface area contributed by atoms with Gasteiger partial charge in [0.15, 0.2) is 0 Å². The molecular formula is C15H20N3O3-. The van der Waals surface area contributed by atoms with E-state index in [2.05, 4.69) is 10.4 Å². The smallest absolute Gasteiger partial charge is 0.224 e. The van der Waals surface area contributed by atoms with Crippen molar-refractivity contribution in [2.75, 3.05) is 0 Å². The van der Waals surface area contributed by atoms with E-state index >= 15 is 0 Å². The second-order valence-electron chi connectivity index (χ2n) is 6.13. The Morgan fingerprint density at radius 1 is 1.38 bits per heavy atom. The van der Waals surface area contributed by atoms with E-state index < -0.39 is 17.8 Å². The molecule has 2 bridgehead atoms. The average Bonchev–Trinajstić information content (AvgIpc) is 3.18. The molecule has 2 aliphatic carbocycles. The summed E-state index contributed by atoms with van der Waals surface area (Å²) in [5.74, 6) is -1.92. The Morgan fingerprint density at radius 2 is 2.10 bits per heavy atom. The molecule has 2 aliphatic rings. The zero-order chi connectivity index (χ0) is 15.0. The van der Waals surface area contributed by atoms with Crippen molar-refractivity contribution < 1.29 is 14.7 Å². The highest BCUT2D eigenvalue weighted by atomic mass is 16.4. The number of aromatic nitrogens is 2. The number of nitrogens with zero attached hydrogens (tertiary/aromatic N) is 2. The van der Waals surface area contributed by atoms with Gasteiger partial charge in [0, 0.05) is 42.7 Å². The van der Waals surface area contributed by atoms with Crippen molar-refractivity contribution in [2.24, 2.45) is 23.7 Å². The third-order valence-electron chi connectivity index (χ3n) is 4.97. The Balaban J connectivity index is 1.63. The summed E-state index contributed by atoms with van der Waals surface area (Å²) in [6.45, 7) is 3.18. The summed E-state index contributed by atoms with van der Waals surface area (Å²) >= 11 is 0. The molecule has 0 aromatic carbocycles. The first-order chi connectivity index (χ1) is 10.1. The lowest BCUT2D eigenvalue weighted by Gasteiger charge is -2.30. The minimum Gasteiger partial charge on any atom is -0.550 e. The molecule has 1 N–H and O–H groups in total. The normalized spacial score (nSPS) is 30.5. The second kappa shape index (κ2) is 5.50. The highest BCUT2D eigenvalue weighted by Gasteiger charge is 2.51. The summed E-state index contributed by atoms with van der Waals surface area (Å²) in [6.07, 6.45) is 6.33. The van der Waals surface area contributed by atoms with Crippen molar-refractivity contribution in [3.05, 3.63) is 18.0 Å². The van der Waals surface area contributed by atoms with E-state index in [0.717, 1.165) is 31.4 Å². The fraction of sp³-hybridized carbons (Fsp3) is 0.667. The number of carboxylic acid groups (broad SMARTS) is 1. The van der Waals surface area contributed by atoms with E-state index in [0.29, 0.717) is 6.54 Å². The number of hydrogen-bond acceptors (Lipinski definition) is 4. The lowest BCUT2D eigenvalue weighted by atomic mass is 9.78. The number of rotatable bonds is 5. The Labute approximate surface area is 123 Å². The maximum absolute atomic E-state index is 12.4. The number of carbonyl (C=O) groups is 2. The molecule has 21 heavy (non-hydrogen) atoms. The number of amides is 1. The van der Waals surface area contributed by atoms with Crippen LogP contribution in [0.4, 0.5) is 0 Å². The molecule has 6 heteroatoms. The van der Waals surface area contributed by atoms with Gasteiger partial charge in [0.2, 0.25) is 5.91 Å². The zero-order valence-electron chi connectivity index (χ0n) is 12.1. The van der Waals surface area contributed by atoms with Crippen LogP contribution < -0.4 is 10.4 Å². The van der Waals surface area contributed by atoms with Crippen molar-refractivity contribution in [1.29, 1.82) is 0 Å². The molecule has 1 heterocycles. The molecule has 0 spiro atoms. The van der Waals surface area contributed by atoms with Crippen LogP contribution in [0.5, 0.6) is 0 Å². The van der Waals surface area contributed by atoms with Crippen LogP contribution in [-0.4, -0.2) is 21.7 Å². The predicted molar refractivity (Wildman–Crippen MR) is 72.6 cm³/mol. The molecule has 0 saturated heterocycles. The van der Waals surface area contributed by atoms with Gasteiger partial charge in [-0.2, -0.15) is 5.10 Å². The van der Waals surface area contributed by atoms with Crippen LogP contribution in [0.25, 0.3) is 0 Å². The second-order valence-corrected chi connectivity index (χ2v) is 6.13. The molecule has 2 fully saturated rings. The molecule has 3 rings (SSSR count). The zero-order valence-corrected chi connectivity index (χ0v) is 12.1. The van der Waals surface area contributed by atoms with Gasteiger partial charge in [-0.15, -0.1) is 0 Å². The van der Waals surface area contributed by atoms with Gasteiger partial charge in [-0.3, -0.25) is 9.48 Å². The SMILES string of the molecule is CCn1cc(CNC(=O)C2C3CCC(C3)C2C(=O)[O-])cn1. The molecular weight excluding hydrogens is 270 g/mol. The van der Waals surface area contributed by atoms with Gasteiger partial charge < -0.3 is 15.2 Å².